The lowest BCUT2D eigenvalue weighted by Crippen LogP contribution is -2.50. The highest BCUT2D eigenvalue weighted by Gasteiger charge is 2.24. The molecule has 0 saturated carbocycles. The third kappa shape index (κ3) is 5.46. The van der Waals surface area contributed by atoms with E-state index in [0.29, 0.717) is 49.8 Å². The summed E-state index contributed by atoms with van der Waals surface area (Å²) < 4.78 is 10.5. The SMILES string of the molecule is COc1ccc(C(=O)N2CCN(CC(=O)Nc3ccc(SC)cc3)CC2)cc1OC. The van der Waals surface area contributed by atoms with Crippen LogP contribution in [0.3, 0.4) is 0 Å². The lowest BCUT2D eigenvalue weighted by atomic mass is 10.1. The van der Waals surface area contributed by atoms with Gasteiger partial charge in [-0.3, -0.25) is 14.5 Å². The highest BCUT2D eigenvalue weighted by molar-refractivity contribution is 7.98. The maximum absolute atomic E-state index is 12.8. The predicted molar refractivity (Wildman–Crippen MR) is 119 cm³/mol. The third-order valence-electron chi connectivity index (χ3n) is 5.03. The number of nitrogens with zero attached hydrogens (tertiary/aromatic N) is 2. The Morgan fingerprint density at radius 1 is 0.967 bits per heavy atom. The van der Waals surface area contributed by atoms with Gasteiger partial charge in [0.25, 0.3) is 5.91 Å². The molecule has 0 aliphatic carbocycles. The number of amides is 2. The summed E-state index contributed by atoms with van der Waals surface area (Å²) in [5, 5.41) is 2.93. The monoisotopic (exact) mass is 429 g/mol. The number of carbonyl (C=O) groups is 2. The molecule has 1 fully saturated rings. The van der Waals surface area contributed by atoms with Crippen LogP contribution in [0.4, 0.5) is 5.69 Å². The minimum absolute atomic E-state index is 0.0473. The molecule has 2 aromatic carbocycles. The lowest BCUT2D eigenvalue weighted by molar-refractivity contribution is -0.117. The smallest absolute Gasteiger partial charge is 0.254 e. The highest BCUT2D eigenvalue weighted by Crippen LogP contribution is 2.28. The summed E-state index contributed by atoms with van der Waals surface area (Å²) in [6, 6.07) is 13.0. The molecule has 2 aromatic rings. The highest BCUT2D eigenvalue weighted by atomic mass is 32.2. The maximum Gasteiger partial charge on any atom is 0.254 e. The molecular formula is C22H27N3O4S. The van der Waals surface area contributed by atoms with Crippen molar-refractivity contribution in [3.63, 3.8) is 0 Å². The number of nitrogens with one attached hydrogen (secondary N) is 1. The molecule has 1 aliphatic rings. The maximum atomic E-state index is 12.8. The molecule has 0 unspecified atom stereocenters. The van der Waals surface area contributed by atoms with Gasteiger partial charge in [-0.05, 0) is 48.7 Å². The lowest BCUT2D eigenvalue weighted by Gasteiger charge is -2.34. The first-order valence-corrected chi connectivity index (χ1v) is 10.9. The second-order valence-electron chi connectivity index (χ2n) is 6.91. The average molecular weight is 430 g/mol. The summed E-state index contributed by atoms with van der Waals surface area (Å²) in [6.45, 7) is 2.75. The minimum atomic E-state index is -0.0495. The fraction of sp³-hybridized carbons (Fsp3) is 0.364. The van der Waals surface area contributed by atoms with Crippen molar-refractivity contribution in [1.29, 1.82) is 0 Å². The number of hydrogen-bond donors (Lipinski definition) is 1. The van der Waals surface area contributed by atoms with Crippen LogP contribution >= 0.6 is 11.8 Å². The van der Waals surface area contributed by atoms with Gasteiger partial charge in [-0.2, -0.15) is 0 Å². The molecule has 3 rings (SSSR count). The van der Waals surface area contributed by atoms with Crippen LogP contribution in [-0.2, 0) is 4.79 Å². The van der Waals surface area contributed by atoms with Gasteiger partial charge in [0.1, 0.15) is 0 Å². The summed E-state index contributed by atoms with van der Waals surface area (Å²) in [7, 11) is 3.11. The molecule has 0 atom stereocenters. The molecule has 1 aliphatic heterocycles. The second-order valence-corrected chi connectivity index (χ2v) is 7.79. The van der Waals surface area contributed by atoms with Crippen molar-refractivity contribution in [2.45, 2.75) is 4.90 Å². The molecule has 2 amide bonds. The molecule has 0 radical (unpaired) electrons. The van der Waals surface area contributed by atoms with Crippen LogP contribution in [0.5, 0.6) is 11.5 Å². The van der Waals surface area contributed by atoms with Crippen molar-refractivity contribution in [3.8, 4) is 11.5 Å². The molecule has 30 heavy (non-hydrogen) atoms. The molecular weight excluding hydrogens is 402 g/mol. The van der Waals surface area contributed by atoms with Crippen LogP contribution in [-0.4, -0.2) is 74.8 Å². The van der Waals surface area contributed by atoms with Gasteiger partial charge < -0.3 is 19.7 Å². The van der Waals surface area contributed by atoms with Gasteiger partial charge >= 0.3 is 0 Å². The van der Waals surface area contributed by atoms with Gasteiger partial charge in [-0.1, -0.05) is 0 Å². The molecule has 1 heterocycles. The number of methoxy groups -OCH3 is 2. The summed E-state index contributed by atoms with van der Waals surface area (Å²) in [6.07, 6.45) is 2.02. The van der Waals surface area contributed by atoms with E-state index in [1.807, 2.05) is 30.5 Å². The number of benzene rings is 2. The predicted octanol–water partition coefficient (Wildman–Crippen LogP) is 2.82. The van der Waals surface area contributed by atoms with Gasteiger partial charge in [0.15, 0.2) is 11.5 Å². The van der Waals surface area contributed by atoms with Crippen molar-refractivity contribution in [2.24, 2.45) is 0 Å². The molecule has 0 spiro atoms. The number of hydrogen-bond acceptors (Lipinski definition) is 6. The first-order chi connectivity index (χ1) is 14.5. The van der Waals surface area contributed by atoms with Gasteiger partial charge in [0.05, 0.1) is 20.8 Å². The normalized spacial score (nSPS) is 14.3. The Hall–Kier alpha value is -2.71. The van der Waals surface area contributed by atoms with Crippen LogP contribution in [0.1, 0.15) is 10.4 Å². The number of ether oxygens (including phenoxy) is 2. The zero-order chi connectivity index (χ0) is 21.5. The summed E-state index contributed by atoms with van der Waals surface area (Å²) in [5.41, 5.74) is 1.35. The van der Waals surface area contributed by atoms with Crippen molar-refractivity contribution >= 4 is 29.3 Å². The topological polar surface area (TPSA) is 71.1 Å². The zero-order valence-corrected chi connectivity index (χ0v) is 18.3. The van der Waals surface area contributed by atoms with E-state index in [1.165, 1.54) is 0 Å². The average Bonchev–Trinajstić information content (AvgIpc) is 2.79. The Kier molecular flexibility index (Phi) is 7.59. The van der Waals surface area contributed by atoms with E-state index in [9.17, 15) is 9.59 Å². The number of thioether (sulfide) groups is 1. The van der Waals surface area contributed by atoms with Gasteiger partial charge in [0, 0.05) is 42.3 Å². The van der Waals surface area contributed by atoms with Crippen LogP contribution < -0.4 is 14.8 Å². The fourth-order valence-corrected chi connectivity index (χ4v) is 3.75. The van der Waals surface area contributed by atoms with Crippen molar-refractivity contribution in [2.75, 3.05) is 58.5 Å². The number of anilines is 1. The van der Waals surface area contributed by atoms with Crippen LogP contribution in [0, 0.1) is 0 Å². The second kappa shape index (κ2) is 10.4. The van der Waals surface area contributed by atoms with E-state index in [-0.39, 0.29) is 11.8 Å². The van der Waals surface area contributed by atoms with Crippen LogP contribution in [0.15, 0.2) is 47.4 Å². The Labute approximate surface area is 181 Å². The van der Waals surface area contributed by atoms with E-state index in [0.717, 1.165) is 10.6 Å². The summed E-state index contributed by atoms with van der Waals surface area (Å²) >= 11 is 1.66. The van der Waals surface area contributed by atoms with E-state index in [4.69, 9.17) is 9.47 Å². The molecule has 1 saturated heterocycles. The molecule has 7 nitrogen and oxygen atoms in total. The van der Waals surface area contributed by atoms with Crippen molar-refractivity contribution < 1.29 is 19.1 Å². The number of carbonyl (C=O) groups excluding carboxylic acids is 2. The first kappa shape index (κ1) is 22.0. The zero-order valence-electron chi connectivity index (χ0n) is 17.5. The standard InChI is InChI=1S/C22H27N3O4S/c1-28-19-9-4-16(14-20(19)29-2)22(27)25-12-10-24(11-13-25)15-21(26)23-17-5-7-18(30-3)8-6-17/h4-9,14H,10-13,15H2,1-3H3,(H,23,26). The third-order valence-corrected chi connectivity index (χ3v) is 5.77. The molecule has 0 aromatic heterocycles. The van der Waals surface area contributed by atoms with E-state index in [1.54, 1.807) is 49.1 Å². The molecule has 160 valence electrons. The Morgan fingerprint density at radius 2 is 1.63 bits per heavy atom. The van der Waals surface area contributed by atoms with E-state index in [2.05, 4.69) is 10.2 Å². The Balaban J connectivity index is 1.50. The van der Waals surface area contributed by atoms with Gasteiger partial charge in [-0.15, -0.1) is 11.8 Å². The quantitative estimate of drug-likeness (QED) is 0.683. The number of rotatable bonds is 7. The molecule has 8 heteroatoms. The van der Waals surface area contributed by atoms with Crippen LogP contribution in [0.25, 0.3) is 0 Å². The van der Waals surface area contributed by atoms with E-state index >= 15 is 0 Å². The van der Waals surface area contributed by atoms with Crippen molar-refractivity contribution in [3.05, 3.63) is 48.0 Å². The minimum Gasteiger partial charge on any atom is -0.493 e. The van der Waals surface area contributed by atoms with Crippen molar-refractivity contribution in [1.82, 2.24) is 9.80 Å². The van der Waals surface area contributed by atoms with Gasteiger partial charge in [0.2, 0.25) is 5.91 Å². The first-order valence-electron chi connectivity index (χ1n) is 9.71. The van der Waals surface area contributed by atoms with Crippen LogP contribution in [0.2, 0.25) is 0 Å². The summed E-state index contributed by atoms with van der Waals surface area (Å²) in [4.78, 5) is 30.2. The van der Waals surface area contributed by atoms with Gasteiger partial charge in [-0.25, -0.2) is 0 Å². The summed E-state index contributed by atoms with van der Waals surface area (Å²) in [5.74, 6) is 1.03. The molecule has 1 N–H and O–H groups in total. The molecule has 0 bridgehead atoms. The Bertz CT molecular complexity index is 880. The largest absolute Gasteiger partial charge is 0.493 e. The number of piperazine rings is 1. The fourth-order valence-electron chi connectivity index (χ4n) is 3.34. The Morgan fingerprint density at radius 3 is 2.23 bits per heavy atom. The van der Waals surface area contributed by atoms with E-state index < -0.39 is 0 Å².